The summed E-state index contributed by atoms with van der Waals surface area (Å²) in [4.78, 5) is 11.0. The van der Waals surface area contributed by atoms with E-state index >= 15 is 0 Å². The molecule has 0 amide bonds. The molecule has 0 fully saturated rings. The van der Waals surface area contributed by atoms with E-state index < -0.39 is 17.0 Å². The lowest BCUT2D eigenvalue weighted by molar-refractivity contribution is 0.0600. The zero-order valence-corrected chi connectivity index (χ0v) is 10.5. The number of rotatable bonds is 2. The van der Waals surface area contributed by atoms with Crippen molar-refractivity contribution >= 4 is 17.0 Å². The van der Waals surface area contributed by atoms with E-state index in [4.69, 9.17) is 10.5 Å². The van der Waals surface area contributed by atoms with Gasteiger partial charge in [-0.05, 0) is 29.3 Å². The summed E-state index contributed by atoms with van der Waals surface area (Å²) in [5, 5.41) is 15.9. The van der Waals surface area contributed by atoms with Crippen LogP contribution in [0.5, 0.6) is 0 Å². The second-order valence-corrected chi connectivity index (χ2v) is 3.75. The van der Waals surface area contributed by atoms with E-state index in [0.29, 0.717) is 0 Å². The molecular formula is C10H11N2O5S-. The van der Waals surface area contributed by atoms with E-state index in [1.165, 1.54) is 26.3 Å². The molecule has 2 N–H and O–H groups in total. The van der Waals surface area contributed by atoms with Crippen LogP contribution in [-0.2, 0) is 15.8 Å². The minimum Gasteiger partial charge on any atom is -0.768 e. The van der Waals surface area contributed by atoms with Gasteiger partial charge in [0.25, 0.3) is 0 Å². The molecule has 0 aliphatic rings. The Morgan fingerprint density at radius 2 is 2.11 bits per heavy atom. The van der Waals surface area contributed by atoms with Crippen molar-refractivity contribution in [1.82, 2.24) is 5.48 Å². The molecule has 0 bridgehead atoms. The van der Waals surface area contributed by atoms with Gasteiger partial charge in [0.15, 0.2) is 0 Å². The normalized spacial score (nSPS) is 10.6. The molecule has 1 aromatic carbocycles. The highest BCUT2D eigenvalue weighted by molar-refractivity contribution is 7.79. The molecule has 0 heterocycles. The van der Waals surface area contributed by atoms with Crippen LogP contribution in [0, 0.1) is 11.3 Å². The first-order valence-electron chi connectivity index (χ1n) is 4.53. The van der Waals surface area contributed by atoms with Gasteiger partial charge in [-0.2, -0.15) is 5.26 Å². The van der Waals surface area contributed by atoms with E-state index in [2.05, 4.69) is 4.74 Å². The number of nitrogens with zero attached hydrogens (tertiary/aromatic N) is 1. The van der Waals surface area contributed by atoms with Crippen LogP contribution in [-0.4, -0.2) is 34.1 Å². The first kappa shape index (κ1) is 16.2. The topological polar surface area (TPSA) is 122 Å². The lowest BCUT2D eigenvalue weighted by Gasteiger charge is -2.07. The number of benzene rings is 1. The minimum atomic E-state index is -2.48. The number of nitriles is 1. The largest absolute Gasteiger partial charge is 0.768 e. The van der Waals surface area contributed by atoms with Gasteiger partial charge in [-0.25, -0.2) is 10.3 Å². The lowest BCUT2D eigenvalue weighted by atomic mass is 10.1. The van der Waals surface area contributed by atoms with Gasteiger partial charge in [0.05, 0.1) is 24.3 Å². The summed E-state index contributed by atoms with van der Waals surface area (Å²) in [5.74, 6) is -0.682. The zero-order valence-electron chi connectivity index (χ0n) is 9.67. The number of ether oxygens (including phenoxy) is 1. The summed E-state index contributed by atoms with van der Waals surface area (Å²) in [7, 11) is 2.61. The van der Waals surface area contributed by atoms with Crippen molar-refractivity contribution in [2.24, 2.45) is 0 Å². The van der Waals surface area contributed by atoms with Crippen LogP contribution >= 0.6 is 0 Å². The molecule has 0 aliphatic carbocycles. The van der Waals surface area contributed by atoms with E-state index in [9.17, 15) is 13.6 Å². The zero-order chi connectivity index (χ0) is 14.1. The SMILES string of the molecule is CNO.COC(=O)c1cc(C#N)cc(S(=O)[O-])c1. The predicted octanol–water partition coefficient (Wildman–Crippen LogP) is 0.178. The number of carbonyl (C=O) groups is 1. The number of methoxy groups -OCH3 is 1. The molecule has 98 valence electrons. The second kappa shape index (κ2) is 8.32. The summed E-state index contributed by atoms with van der Waals surface area (Å²) in [6, 6.07) is 5.35. The molecule has 0 radical (unpaired) electrons. The van der Waals surface area contributed by atoms with Crippen LogP contribution in [0.4, 0.5) is 0 Å². The first-order chi connectivity index (χ1) is 8.49. The van der Waals surface area contributed by atoms with Crippen molar-refractivity contribution in [2.45, 2.75) is 4.90 Å². The molecule has 18 heavy (non-hydrogen) atoms. The summed E-state index contributed by atoms with van der Waals surface area (Å²) in [5.41, 5.74) is 1.88. The van der Waals surface area contributed by atoms with Crippen molar-refractivity contribution in [3.63, 3.8) is 0 Å². The number of nitrogens with one attached hydrogen (secondary N) is 1. The van der Waals surface area contributed by atoms with E-state index in [1.807, 2.05) is 0 Å². The van der Waals surface area contributed by atoms with Crippen LogP contribution in [0.2, 0.25) is 0 Å². The maximum Gasteiger partial charge on any atom is 0.337 e. The smallest absolute Gasteiger partial charge is 0.337 e. The molecule has 0 saturated carbocycles. The second-order valence-electron chi connectivity index (χ2n) is 2.81. The summed E-state index contributed by atoms with van der Waals surface area (Å²) in [6.45, 7) is 0. The Morgan fingerprint density at radius 1 is 1.56 bits per heavy atom. The van der Waals surface area contributed by atoms with Gasteiger partial charge in [0, 0.05) is 11.9 Å². The molecule has 1 atom stereocenters. The fourth-order valence-electron chi connectivity index (χ4n) is 0.996. The Labute approximate surface area is 106 Å². The Hall–Kier alpha value is -1.79. The van der Waals surface area contributed by atoms with Crippen LogP contribution in [0.1, 0.15) is 15.9 Å². The number of hydrogen-bond acceptors (Lipinski definition) is 7. The van der Waals surface area contributed by atoms with Crippen molar-refractivity contribution in [3.05, 3.63) is 29.3 Å². The highest BCUT2D eigenvalue weighted by Crippen LogP contribution is 2.13. The average molecular weight is 271 g/mol. The number of esters is 1. The Bertz CT molecular complexity index is 484. The molecule has 1 aromatic rings. The van der Waals surface area contributed by atoms with Gasteiger partial charge in [0.1, 0.15) is 0 Å². The van der Waals surface area contributed by atoms with Gasteiger partial charge in [0.2, 0.25) is 0 Å². The molecule has 8 heteroatoms. The molecule has 0 spiro atoms. The Morgan fingerprint density at radius 3 is 2.50 bits per heavy atom. The highest BCUT2D eigenvalue weighted by atomic mass is 32.2. The quantitative estimate of drug-likeness (QED) is 0.446. The van der Waals surface area contributed by atoms with Crippen molar-refractivity contribution < 1.29 is 23.5 Å². The third-order valence-corrected chi connectivity index (χ3v) is 2.27. The van der Waals surface area contributed by atoms with Gasteiger partial charge >= 0.3 is 5.97 Å². The van der Waals surface area contributed by atoms with Gasteiger partial charge in [-0.15, -0.1) is 0 Å². The predicted molar refractivity (Wildman–Crippen MR) is 60.5 cm³/mol. The third kappa shape index (κ3) is 5.03. The first-order valence-corrected chi connectivity index (χ1v) is 5.61. The molecule has 7 nitrogen and oxygen atoms in total. The third-order valence-electron chi connectivity index (χ3n) is 1.65. The summed E-state index contributed by atoms with van der Waals surface area (Å²) < 4.78 is 25.8. The Balaban J connectivity index is 0.000000873. The van der Waals surface area contributed by atoms with E-state index in [0.717, 1.165) is 6.07 Å². The summed E-state index contributed by atoms with van der Waals surface area (Å²) >= 11 is -2.48. The fraction of sp³-hybridized carbons (Fsp3) is 0.200. The maximum absolute atomic E-state index is 11.1. The van der Waals surface area contributed by atoms with Crippen LogP contribution in [0.25, 0.3) is 0 Å². The molecule has 0 aliphatic heterocycles. The van der Waals surface area contributed by atoms with Gasteiger partial charge in [-0.3, -0.25) is 4.21 Å². The maximum atomic E-state index is 11.1. The molecular weight excluding hydrogens is 260 g/mol. The average Bonchev–Trinajstić information content (AvgIpc) is 2.38. The van der Waals surface area contributed by atoms with Crippen LogP contribution < -0.4 is 5.48 Å². The Kier molecular flexibility index (Phi) is 7.50. The monoisotopic (exact) mass is 271 g/mol. The van der Waals surface area contributed by atoms with E-state index in [-0.39, 0.29) is 16.0 Å². The summed E-state index contributed by atoms with van der Waals surface area (Å²) in [6.07, 6.45) is 0. The minimum absolute atomic E-state index is 0.0377. The molecule has 1 unspecified atom stereocenters. The standard InChI is InChI=1S/C9H7NO4S.CH5NO/c1-14-9(11)7-2-6(5-10)3-8(4-7)15(12)13;1-2-3/h2-4H,1H3,(H,12,13);2-3H,1H3/p-1. The van der Waals surface area contributed by atoms with Crippen molar-refractivity contribution in [2.75, 3.05) is 14.2 Å². The highest BCUT2D eigenvalue weighted by Gasteiger charge is 2.08. The van der Waals surface area contributed by atoms with Crippen molar-refractivity contribution in [1.29, 1.82) is 5.26 Å². The van der Waals surface area contributed by atoms with Gasteiger partial charge in [-0.1, -0.05) is 0 Å². The number of hydrogen-bond donors (Lipinski definition) is 2. The fourth-order valence-corrected chi connectivity index (χ4v) is 1.44. The van der Waals surface area contributed by atoms with E-state index in [1.54, 1.807) is 11.5 Å². The molecule has 0 aromatic heterocycles. The molecule has 1 rings (SSSR count). The molecule has 0 saturated heterocycles. The van der Waals surface area contributed by atoms with Crippen LogP contribution in [0.15, 0.2) is 23.1 Å². The lowest BCUT2D eigenvalue weighted by Crippen LogP contribution is -2.03. The number of carbonyl (C=O) groups excluding carboxylic acids is 1. The van der Waals surface area contributed by atoms with Crippen molar-refractivity contribution in [3.8, 4) is 6.07 Å². The number of hydroxylamine groups is 1. The van der Waals surface area contributed by atoms with Crippen LogP contribution in [0.3, 0.4) is 0 Å². The van der Waals surface area contributed by atoms with Gasteiger partial charge < -0.3 is 14.5 Å².